The van der Waals surface area contributed by atoms with E-state index >= 15 is 0 Å². The molecule has 39 heavy (non-hydrogen) atoms. The minimum Gasteiger partial charge on any atom is -0.486 e. The fraction of sp³-hybridized carbons (Fsp3) is 0.613. The molecule has 2 aliphatic heterocycles. The number of hydrogen-bond acceptors (Lipinski definition) is 7. The SMILES string of the molecule is CCCC1O[C@H](C(=O)COc2ccc(N)c(F)c2)[C@@]2(C)C[C@H](O)[C@@H]3[C@@]4(CCC5=CC(=O)C=C[C@@]53C)[C@@H](C[C@@H]24)O1. The number of aliphatic hydroxyl groups excluding tert-OH is 1. The van der Waals surface area contributed by atoms with Crippen LogP contribution in [0.2, 0.25) is 0 Å². The van der Waals surface area contributed by atoms with Crippen LogP contribution in [0, 0.1) is 33.9 Å². The van der Waals surface area contributed by atoms with Crippen molar-refractivity contribution in [1.82, 2.24) is 0 Å². The molecule has 8 heteroatoms. The first-order valence-electron chi connectivity index (χ1n) is 14.2. The molecule has 7 nitrogen and oxygen atoms in total. The van der Waals surface area contributed by atoms with Crippen molar-refractivity contribution in [2.24, 2.45) is 28.1 Å². The molecule has 1 aromatic rings. The van der Waals surface area contributed by atoms with Gasteiger partial charge in [0.1, 0.15) is 24.3 Å². The molecule has 1 spiro atoms. The third kappa shape index (κ3) is 3.85. The van der Waals surface area contributed by atoms with Gasteiger partial charge in [-0.2, -0.15) is 0 Å². The Labute approximate surface area is 228 Å². The normalized spacial score (nSPS) is 42.3. The highest BCUT2D eigenvalue weighted by Gasteiger charge is 2.76. The van der Waals surface area contributed by atoms with E-state index in [4.69, 9.17) is 19.9 Å². The number of nitrogens with two attached hydrogens (primary N) is 1. The van der Waals surface area contributed by atoms with Crippen LogP contribution in [0.25, 0.3) is 0 Å². The van der Waals surface area contributed by atoms with E-state index in [2.05, 4.69) is 20.8 Å². The van der Waals surface area contributed by atoms with Gasteiger partial charge in [0.25, 0.3) is 0 Å². The number of hydrogen-bond donors (Lipinski definition) is 2. The second-order valence-electron chi connectivity index (χ2n) is 12.6. The van der Waals surface area contributed by atoms with Crippen LogP contribution in [0.3, 0.4) is 0 Å². The van der Waals surface area contributed by atoms with Gasteiger partial charge in [-0.25, -0.2) is 4.39 Å². The van der Waals surface area contributed by atoms with E-state index in [0.717, 1.165) is 31.3 Å². The molecule has 5 fully saturated rings. The minimum atomic E-state index is -0.848. The number of Topliss-reactive ketones (excluding diaryl/α,β-unsaturated/α-hetero) is 1. The number of carbonyl (C=O) groups is 2. The fourth-order valence-corrected chi connectivity index (χ4v) is 8.91. The smallest absolute Gasteiger partial charge is 0.199 e. The maximum Gasteiger partial charge on any atom is 0.199 e. The Morgan fingerprint density at radius 2 is 2.08 bits per heavy atom. The summed E-state index contributed by atoms with van der Waals surface area (Å²) < 4.78 is 32.8. The molecule has 9 atom stereocenters. The molecule has 1 aromatic carbocycles. The molecule has 4 aliphatic carbocycles. The first-order chi connectivity index (χ1) is 18.5. The van der Waals surface area contributed by atoms with E-state index in [-0.39, 0.29) is 53.0 Å². The van der Waals surface area contributed by atoms with Crippen molar-refractivity contribution in [2.45, 2.75) is 83.9 Å². The van der Waals surface area contributed by atoms with Gasteiger partial charge < -0.3 is 25.1 Å². The molecule has 210 valence electrons. The van der Waals surface area contributed by atoms with Crippen LogP contribution in [-0.4, -0.2) is 47.9 Å². The lowest BCUT2D eigenvalue weighted by atomic mass is 9.32. The number of carbonyl (C=O) groups excluding carboxylic acids is 2. The van der Waals surface area contributed by atoms with Gasteiger partial charge in [0, 0.05) is 28.2 Å². The fourth-order valence-electron chi connectivity index (χ4n) is 8.91. The molecule has 7 rings (SSSR count). The zero-order valence-electron chi connectivity index (χ0n) is 22.8. The molecular formula is C31H38FNO6. The molecule has 6 aliphatic rings. The number of rotatable bonds is 6. The van der Waals surface area contributed by atoms with E-state index in [1.54, 1.807) is 12.2 Å². The molecule has 3 N–H and O–H groups in total. The third-order valence-corrected chi connectivity index (χ3v) is 10.6. The van der Waals surface area contributed by atoms with Crippen molar-refractivity contribution in [1.29, 1.82) is 0 Å². The number of aliphatic hydroxyl groups is 1. The summed E-state index contributed by atoms with van der Waals surface area (Å²) in [6.07, 6.45) is 7.38. The zero-order chi connectivity index (χ0) is 27.7. The summed E-state index contributed by atoms with van der Waals surface area (Å²) in [6.45, 7) is 5.98. The standard InChI is InChI=1S/C31H38FNO6/c1-4-5-26-38-25-14-24-30(3,28(39-26)23(36)16-37-19-6-7-21(33)20(32)13-19)15-22(35)27-29(2)10-9-18(34)12-17(29)8-11-31(24,25)27/h6-7,9-10,12-13,22,24-28,35H,4-5,8,11,14-16,33H2,1-3H3/t22-,24-,25+,26?,27-,28+,29-,30-,31+/m0/s1. The van der Waals surface area contributed by atoms with Gasteiger partial charge in [0.2, 0.25) is 0 Å². The van der Waals surface area contributed by atoms with Gasteiger partial charge in [-0.3, -0.25) is 9.59 Å². The molecule has 0 aromatic heterocycles. The van der Waals surface area contributed by atoms with Crippen LogP contribution < -0.4 is 10.5 Å². The Morgan fingerprint density at radius 1 is 1.28 bits per heavy atom. The van der Waals surface area contributed by atoms with Crippen LogP contribution in [0.4, 0.5) is 10.1 Å². The van der Waals surface area contributed by atoms with Gasteiger partial charge in [0.05, 0.1) is 17.9 Å². The number of anilines is 1. The predicted octanol–water partition coefficient (Wildman–Crippen LogP) is 4.52. The first-order valence-corrected chi connectivity index (χ1v) is 14.2. The summed E-state index contributed by atoms with van der Waals surface area (Å²) in [6, 6.07) is 4.11. The summed E-state index contributed by atoms with van der Waals surface area (Å²) in [7, 11) is 0. The van der Waals surface area contributed by atoms with Crippen LogP contribution in [0.15, 0.2) is 42.0 Å². The summed E-state index contributed by atoms with van der Waals surface area (Å²) in [4.78, 5) is 26.1. The number of ether oxygens (including phenoxy) is 3. The van der Waals surface area contributed by atoms with Gasteiger partial charge in [-0.15, -0.1) is 0 Å². The Kier molecular flexibility index (Phi) is 6.32. The number of nitrogen functional groups attached to an aromatic ring is 1. The van der Waals surface area contributed by atoms with Gasteiger partial charge in [0.15, 0.2) is 17.9 Å². The second-order valence-corrected chi connectivity index (χ2v) is 12.6. The van der Waals surface area contributed by atoms with Crippen molar-refractivity contribution in [2.75, 3.05) is 12.3 Å². The average molecular weight is 540 g/mol. The maximum atomic E-state index is 14.0. The highest BCUT2D eigenvalue weighted by atomic mass is 19.1. The summed E-state index contributed by atoms with van der Waals surface area (Å²) in [5.41, 5.74) is 5.24. The molecule has 1 unspecified atom stereocenters. The van der Waals surface area contributed by atoms with Gasteiger partial charge in [-0.1, -0.05) is 38.8 Å². The lowest BCUT2D eigenvalue weighted by Gasteiger charge is -2.75. The van der Waals surface area contributed by atoms with Crippen molar-refractivity contribution in [3.63, 3.8) is 0 Å². The Morgan fingerprint density at radius 3 is 2.82 bits per heavy atom. The van der Waals surface area contributed by atoms with Crippen LogP contribution in [0.1, 0.15) is 59.3 Å². The zero-order valence-corrected chi connectivity index (χ0v) is 22.8. The lowest BCUT2D eigenvalue weighted by Crippen LogP contribution is -2.76. The Balaban J connectivity index is 1.35. The molecule has 0 radical (unpaired) electrons. The number of allylic oxidation sites excluding steroid dienone is 4. The summed E-state index contributed by atoms with van der Waals surface area (Å²) in [5, 5.41) is 11.9. The second kappa shape index (κ2) is 9.25. The largest absolute Gasteiger partial charge is 0.486 e. The predicted molar refractivity (Wildman–Crippen MR) is 142 cm³/mol. The van der Waals surface area contributed by atoms with E-state index in [9.17, 15) is 19.1 Å². The van der Waals surface area contributed by atoms with Crippen molar-refractivity contribution in [3.8, 4) is 5.75 Å². The molecule has 0 amide bonds. The van der Waals surface area contributed by atoms with Crippen LogP contribution in [0.5, 0.6) is 5.75 Å². The lowest BCUT2D eigenvalue weighted by molar-refractivity contribution is -0.370. The maximum absolute atomic E-state index is 14.0. The number of benzene rings is 1. The number of halogens is 1. The first kappa shape index (κ1) is 26.7. The Hall–Kier alpha value is -2.55. The van der Waals surface area contributed by atoms with Crippen molar-refractivity contribution >= 4 is 17.3 Å². The highest BCUT2D eigenvalue weighted by molar-refractivity contribution is 6.01. The molecule has 4 bridgehead atoms. The van der Waals surface area contributed by atoms with E-state index in [1.165, 1.54) is 18.2 Å². The molecule has 3 saturated carbocycles. The van der Waals surface area contributed by atoms with E-state index in [0.29, 0.717) is 12.8 Å². The average Bonchev–Trinajstić information content (AvgIpc) is 2.87. The summed E-state index contributed by atoms with van der Waals surface area (Å²) >= 11 is 0. The monoisotopic (exact) mass is 539 g/mol. The quantitative estimate of drug-likeness (QED) is 0.512. The van der Waals surface area contributed by atoms with E-state index < -0.39 is 35.1 Å². The third-order valence-electron chi connectivity index (χ3n) is 10.6. The van der Waals surface area contributed by atoms with Crippen molar-refractivity contribution < 1.29 is 33.3 Å². The van der Waals surface area contributed by atoms with Gasteiger partial charge >= 0.3 is 0 Å². The Bertz CT molecular complexity index is 1260. The topological polar surface area (TPSA) is 108 Å². The van der Waals surface area contributed by atoms with E-state index in [1.807, 2.05) is 6.08 Å². The minimum absolute atomic E-state index is 0.00399. The molecular weight excluding hydrogens is 501 g/mol. The number of fused-ring (bicyclic) bond motifs is 5. The molecule has 2 saturated heterocycles. The number of ketones is 2. The highest BCUT2D eigenvalue weighted by Crippen LogP contribution is 2.75. The van der Waals surface area contributed by atoms with Crippen LogP contribution >= 0.6 is 0 Å². The van der Waals surface area contributed by atoms with Crippen molar-refractivity contribution in [3.05, 3.63) is 47.8 Å². The van der Waals surface area contributed by atoms with Crippen LogP contribution in [-0.2, 0) is 19.1 Å². The summed E-state index contributed by atoms with van der Waals surface area (Å²) in [5.74, 6) is -0.678. The van der Waals surface area contributed by atoms with Gasteiger partial charge in [-0.05, 0) is 62.3 Å². The molecule has 2 heterocycles.